The van der Waals surface area contributed by atoms with Crippen LogP contribution in [0.3, 0.4) is 0 Å². The average molecular weight is 315 g/mol. The monoisotopic (exact) mass is 315 g/mol. The van der Waals surface area contributed by atoms with Crippen molar-refractivity contribution in [1.29, 1.82) is 0 Å². The number of para-hydroxylation sites is 1. The van der Waals surface area contributed by atoms with Crippen molar-refractivity contribution in [2.45, 2.75) is 13.2 Å². The van der Waals surface area contributed by atoms with Gasteiger partial charge in [-0.3, -0.25) is 0 Å². The van der Waals surface area contributed by atoms with Crippen molar-refractivity contribution in [3.63, 3.8) is 0 Å². The normalized spacial score (nSPS) is 14.1. The highest BCUT2D eigenvalue weighted by molar-refractivity contribution is 5.58. The second kappa shape index (κ2) is 6.79. The van der Waals surface area contributed by atoms with Crippen LogP contribution in [0.1, 0.15) is 11.1 Å². The van der Waals surface area contributed by atoms with Crippen LogP contribution < -0.4 is 14.4 Å². The van der Waals surface area contributed by atoms with Gasteiger partial charge in [0, 0.05) is 29.9 Å². The Morgan fingerprint density at radius 2 is 1.96 bits per heavy atom. The first-order valence-electron chi connectivity index (χ1n) is 7.58. The van der Waals surface area contributed by atoms with E-state index in [-0.39, 0.29) is 5.75 Å². The second-order valence-corrected chi connectivity index (χ2v) is 5.41. The Morgan fingerprint density at radius 1 is 1.13 bits per heavy atom. The van der Waals surface area contributed by atoms with E-state index in [1.54, 1.807) is 7.11 Å². The predicted molar refractivity (Wildman–Crippen MR) is 88.4 cm³/mol. The molecule has 0 aliphatic carbocycles. The SMILES string of the molecule is COc1ccc(CN2CCOCc3ccccc32)c(O)c1OC. The lowest BCUT2D eigenvalue weighted by Crippen LogP contribution is -2.25. The molecular formula is C18H21NO4. The number of phenolic OH excluding ortho intramolecular Hbond substituents is 1. The number of fused-ring (bicyclic) bond motifs is 1. The van der Waals surface area contributed by atoms with Gasteiger partial charge in [0.05, 0.1) is 27.4 Å². The van der Waals surface area contributed by atoms with E-state index in [4.69, 9.17) is 14.2 Å². The molecule has 0 unspecified atom stereocenters. The van der Waals surface area contributed by atoms with Crippen LogP contribution >= 0.6 is 0 Å². The Kier molecular flexibility index (Phi) is 4.57. The van der Waals surface area contributed by atoms with Gasteiger partial charge in [-0.2, -0.15) is 0 Å². The van der Waals surface area contributed by atoms with Crippen LogP contribution in [0.15, 0.2) is 36.4 Å². The molecule has 2 aromatic rings. The Bertz CT molecular complexity index is 687. The minimum atomic E-state index is 0.120. The van der Waals surface area contributed by atoms with E-state index in [2.05, 4.69) is 17.0 Å². The minimum absolute atomic E-state index is 0.120. The lowest BCUT2D eigenvalue weighted by atomic mass is 10.1. The van der Waals surface area contributed by atoms with Crippen molar-refractivity contribution in [3.05, 3.63) is 47.5 Å². The van der Waals surface area contributed by atoms with Gasteiger partial charge < -0.3 is 24.2 Å². The van der Waals surface area contributed by atoms with Crippen molar-refractivity contribution in [3.8, 4) is 17.2 Å². The van der Waals surface area contributed by atoms with Gasteiger partial charge in [-0.1, -0.05) is 18.2 Å². The highest BCUT2D eigenvalue weighted by Crippen LogP contribution is 2.40. The van der Waals surface area contributed by atoms with Gasteiger partial charge in [0.2, 0.25) is 5.75 Å². The zero-order valence-corrected chi connectivity index (χ0v) is 13.4. The molecule has 0 saturated heterocycles. The third kappa shape index (κ3) is 3.05. The molecule has 0 saturated carbocycles. The third-order valence-corrected chi connectivity index (χ3v) is 4.06. The fourth-order valence-corrected chi connectivity index (χ4v) is 2.87. The van der Waals surface area contributed by atoms with E-state index in [1.807, 2.05) is 24.3 Å². The minimum Gasteiger partial charge on any atom is -0.504 e. The summed E-state index contributed by atoms with van der Waals surface area (Å²) in [5.41, 5.74) is 3.09. The molecule has 2 aromatic carbocycles. The van der Waals surface area contributed by atoms with E-state index < -0.39 is 0 Å². The Morgan fingerprint density at radius 3 is 2.74 bits per heavy atom. The lowest BCUT2D eigenvalue weighted by molar-refractivity contribution is 0.132. The lowest BCUT2D eigenvalue weighted by Gasteiger charge is -2.25. The first kappa shape index (κ1) is 15.5. The summed E-state index contributed by atoms with van der Waals surface area (Å²) >= 11 is 0. The van der Waals surface area contributed by atoms with Gasteiger partial charge in [-0.25, -0.2) is 0 Å². The highest BCUT2D eigenvalue weighted by atomic mass is 16.5. The maximum Gasteiger partial charge on any atom is 0.203 e. The number of ether oxygens (including phenoxy) is 3. The van der Waals surface area contributed by atoms with Crippen LogP contribution in [-0.4, -0.2) is 32.5 Å². The van der Waals surface area contributed by atoms with E-state index >= 15 is 0 Å². The first-order chi connectivity index (χ1) is 11.2. The summed E-state index contributed by atoms with van der Waals surface area (Å²) in [6.07, 6.45) is 0. The van der Waals surface area contributed by atoms with Crippen molar-refractivity contribution in [2.24, 2.45) is 0 Å². The fraction of sp³-hybridized carbons (Fsp3) is 0.333. The van der Waals surface area contributed by atoms with E-state index in [0.29, 0.717) is 31.3 Å². The Balaban J connectivity index is 1.93. The molecule has 122 valence electrons. The molecule has 0 fully saturated rings. The second-order valence-electron chi connectivity index (χ2n) is 5.41. The molecule has 0 aromatic heterocycles. The van der Waals surface area contributed by atoms with Crippen molar-refractivity contribution in [2.75, 3.05) is 32.3 Å². The fourth-order valence-electron chi connectivity index (χ4n) is 2.87. The van der Waals surface area contributed by atoms with Gasteiger partial charge in [-0.15, -0.1) is 0 Å². The Labute approximate surface area is 136 Å². The maximum absolute atomic E-state index is 10.5. The van der Waals surface area contributed by atoms with Crippen molar-refractivity contribution in [1.82, 2.24) is 0 Å². The number of hydrogen-bond donors (Lipinski definition) is 1. The summed E-state index contributed by atoms with van der Waals surface area (Å²) in [5, 5.41) is 10.5. The Hall–Kier alpha value is -2.40. The summed E-state index contributed by atoms with van der Waals surface area (Å²) < 4.78 is 16.1. The summed E-state index contributed by atoms with van der Waals surface area (Å²) in [6.45, 7) is 2.62. The number of nitrogens with zero attached hydrogens (tertiary/aromatic N) is 1. The highest BCUT2D eigenvalue weighted by Gasteiger charge is 2.19. The van der Waals surface area contributed by atoms with Gasteiger partial charge in [-0.05, 0) is 18.2 Å². The average Bonchev–Trinajstić information content (AvgIpc) is 2.79. The van der Waals surface area contributed by atoms with Crippen LogP contribution in [0, 0.1) is 0 Å². The number of methoxy groups -OCH3 is 2. The van der Waals surface area contributed by atoms with Crippen LogP contribution in [0.25, 0.3) is 0 Å². The number of phenols is 1. The van der Waals surface area contributed by atoms with Crippen molar-refractivity contribution < 1.29 is 19.3 Å². The molecule has 1 N–H and O–H groups in total. The molecule has 0 radical (unpaired) electrons. The molecule has 0 amide bonds. The molecule has 5 nitrogen and oxygen atoms in total. The van der Waals surface area contributed by atoms with Gasteiger partial charge >= 0.3 is 0 Å². The maximum atomic E-state index is 10.5. The first-order valence-corrected chi connectivity index (χ1v) is 7.58. The number of anilines is 1. The topological polar surface area (TPSA) is 51.2 Å². The van der Waals surface area contributed by atoms with Crippen LogP contribution in [0.4, 0.5) is 5.69 Å². The molecule has 0 spiro atoms. The van der Waals surface area contributed by atoms with Gasteiger partial charge in [0.1, 0.15) is 0 Å². The van der Waals surface area contributed by atoms with Gasteiger partial charge in [0.25, 0.3) is 0 Å². The quantitative estimate of drug-likeness (QED) is 0.940. The molecule has 0 bridgehead atoms. The molecule has 0 atom stereocenters. The molecule has 23 heavy (non-hydrogen) atoms. The molecule has 1 heterocycles. The standard InChI is InChI=1S/C18H21NO4/c1-21-16-8-7-13(17(20)18(16)22-2)11-19-9-10-23-12-14-5-3-4-6-15(14)19/h3-8,20H,9-12H2,1-2H3. The number of rotatable bonds is 4. The summed E-state index contributed by atoms with van der Waals surface area (Å²) in [4.78, 5) is 2.21. The van der Waals surface area contributed by atoms with Crippen molar-refractivity contribution >= 4 is 5.69 Å². The van der Waals surface area contributed by atoms with Crippen LogP contribution in [0.5, 0.6) is 17.2 Å². The summed E-state index contributed by atoms with van der Waals surface area (Å²) in [5.74, 6) is 1.01. The molecule has 3 rings (SSSR count). The van der Waals surface area contributed by atoms with Crippen LogP contribution in [0.2, 0.25) is 0 Å². The summed E-state index contributed by atoms with van der Waals surface area (Å²) in [6, 6.07) is 11.9. The van der Waals surface area contributed by atoms with E-state index in [1.165, 1.54) is 7.11 Å². The number of hydrogen-bond acceptors (Lipinski definition) is 5. The molecular weight excluding hydrogens is 294 g/mol. The zero-order valence-electron chi connectivity index (χ0n) is 13.4. The van der Waals surface area contributed by atoms with Gasteiger partial charge in [0.15, 0.2) is 11.5 Å². The molecule has 1 aliphatic heterocycles. The largest absolute Gasteiger partial charge is 0.504 e. The van der Waals surface area contributed by atoms with E-state index in [9.17, 15) is 5.11 Å². The summed E-state index contributed by atoms with van der Waals surface area (Å²) in [7, 11) is 3.08. The molecule has 5 heteroatoms. The zero-order chi connectivity index (χ0) is 16.2. The van der Waals surface area contributed by atoms with Crippen LogP contribution in [-0.2, 0) is 17.9 Å². The van der Waals surface area contributed by atoms with E-state index in [0.717, 1.165) is 23.4 Å². The molecule has 1 aliphatic rings. The smallest absolute Gasteiger partial charge is 0.203 e. The number of benzene rings is 2. The predicted octanol–water partition coefficient (Wildman–Crippen LogP) is 2.95. The third-order valence-electron chi connectivity index (χ3n) is 4.06. The number of aromatic hydroxyl groups is 1.